The van der Waals surface area contributed by atoms with Crippen molar-refractivity contribution in [2.75, 3.05) is 11.9 Å². The number of para-hydroxylation sites is 1. The summed E-state index contributed by atoms with van der Waals surface area (Å²) in [6.45, 7) is 1.95. The van der Waals surface area contributed by atoms with Gasteiger partial charge in [-0.1, -0.05) is 18.2 Å². The van der Waals surface area contributed by atoms with Crippen molar-refractivity contribution in [3.8, 4) is 5.75 Å². The second kappa shape index (κ2) is 5.72. The van der Waals surface area contributed by atoms with Crippen LogP contribution >= 0.6 is 0 Å². The molecule has 0 bridgehead atoms. The quantitative estimate of drug-likeness (QED) is 0.868. The minimum Gasteiger partial charge on any atom is -0.488 e. The van der Waals surface area contributed by atoms with Gasteiger partial charge in [-0.2, -0.15) is 13.2 Å². The van der Waals surface area contributed by atoms with Crippen LogP contribution in [0.2, 0.25) is 0 Å². The van der Waals surface area contributed by atoms with E-state index >= 15 is 0 Å². The Hall–Kier alpha value is -2.31. The average molecular weight is 323 g/mol. The number of anilines is 1. The molecule has 0 amide bonds. The monoisotopic (exact) mass is 323 g/mol. The highest BCUT2D eigenvalue weighted by Gasteiger charge is 2.34. The van der Waals surface area contributed by atoms with Gasteiger partial charge in [-0.15, -0.1) is 10.2 Å². The first kappa shape index (κ1) is 15.6. The maximum atomic E-state index is 12.5. The van der Waals surface area contributed by atoms with Crippen LogP contribution in [-0.2, 0) is 12.6 Å². The van der Waals surface area contributed by atoms with Crippen LogP contribution in [0.5, 0.6) is 5.75 Å². The van der Waals surface area contributed by atoms with Gasteiger partial charge < -0.3 is 9.64 Å². The first-order valence-electron chi connectivity index (χ1n) is 7.24. The van der Waals surface area contributed by atoms with Gasteiger partial charge in [0, 0.05) is 13.5 Å². The van der Waals surface area contributed by atoms with E-state index in [0.717, 1.165) is 23.8 Å². The molecule has 0 saturated heterocycles. The summed E-state index contributed by atoms with van der Waals surface area (Å²) >= 11 is 0. The van der Waals surface area contributed by atoms with Crippen molar-refractivity contribution in [3.05, 3.63) is 47.7 Å². The van der Waals surface area contributed by atoms with Crippen LogP contribution in [-0.4, -0.2) is 29.4 Å². The van der Waals surface area contributed by atoms with Crippen molar-refractivity contribution in [1.29, 1.82) is 0 Å². The van der Waals surface area contributed by atoms with E-state index in [-0.39, 0.29) is 12.1 Å². The number of hydrogen-bond donors (Lipinski definition) is 0. The predicted octanol–water partition coefficient (Wildman–Crippen LogP) is 3.32. The molecule has 1 aliphatic heterocycles. The summed E-state index contributed by atoms with van der Waals surface area (Å²) in [4.78, 5) is 1.78. The Bertz CT molecular complexity index is 663. The normalized spacial score (nSPS) is 18.2. The van der Waals surface area contributed by atoms with Crippen molar-refractivity contribution < 1.29 is 17.9 Å². The number of ether oxygens (including phenoxy) is 1. The minimum atomic E-state index is -4.48. The molecular formula is C16H16F3N3O. The van der Waals surface area contributed by atoms with Crippen LogP contribution in [0, 0.1) is 0 Å². The van der Waals surface area contributed by atoms with Crippen molar-refractivity contribution >= 4 is 5.82 Å². The van der Waals surface area contributed by atoms with Crippen molar-refractivity contribution in [2.24, 2.45) is 0 Å². The highest BCUT2D eigenvalue weighted by Crippen LogP contribution is 2.32. The summed E-state index contributed by atoms with van der Waals surface area (Å²) in [5, 5.41) is 6.95. The molecule has 23 heavy (non-hydrogen) atoms. The summed E-state index contributed by atoms with van der Waals surface area (Å²) in [5.41, 5.74) is 0.142. The van der Waals surface area contributed by atoms with Gasteiger partial charge >= 0.3 is 6.18 Å². The lowest BCUT2D eigenvalue weighted by Crippen LogP contribution is -2.42. The third-order valence-electron chi connectivity index (χ3n) is 4.12. The van der Waals surface area contributed by atoms with Gasteiger partial charge in [0.15, 0.2) is 11.5 Å². The molecule has 0 fully saturated rings. The fourth-order valence-electron chi connectivity index (χ4n) is 2.60. The van der Waals surface area contributed by atoms with Crippen LogP contribution in [0.4, 0.5) is 19.0 Å². The Labute approximate surface area is 131 Å². The second-order valence-electron chi connectivity index (χ2n) is 5.59. The summed E-state index contributed by atoms with van der Waals surface area (Å²) in [6.07, 6.45) is -3.80. The van der Waals surface area contributed by atoms with E-state index < -0.39 is 11.9 Å². The molecule has 122 valence electrons. The van der Waals surface area contributed by atoms with E-state index in [9.17, 15) is 13.2 Å². The fraction of sp³-hybridized carbons (Fsp3) is 0.375. The number of rotatable bonds is 3. The van der Waals surface area contributed by atoms with Gasteiger partial charge in [0.1, 0.15) is 11.9 Å². The fourth-order valence-corrected chi connectivity index (χ4v) is 2.60. The van der Waals surface area contributed by atoms with Crippen LogP contribution in [0.25, 0.3) is 0 Å². The molecule has 0 spiro atoms. The van der Waals surface area contributed by atoms with E-state index in [2.05, 4.69) is 10.2 Å². The molecule has 0 N–H and O–H groups in total. The molecule has 2 unspecified atom stereocenters. The molecule has 1 aromatic carbocycles. The van der Waals surface area contributed by atoms with Crippen LogP contribution in [0.15, 0.2) is 36.4 Å². The molecular weight excluding hydrogens is 307 g/mol. The summed E-state index contributed by atoms with van der Waals surface area (Å²) in [5.74, 6) is 1.24. The highest BCUT2D eigenvalue weighted by molar-refractivity contribution is 5.41. The predicted molar refractivity (Wildman–Crippen MR) is 79.5 cm³/mol. The molecule has 0 aliphatic carbocycles. The zero-order valence-corrected chi connectivity index (χ0v) is 12.7. The smallest absolute Gasteiger partial charge is 0.435 e. The van der Waals surface area contributed by atoms with Gasteiger partial charge in [-0.05, 0) is 30.7 Å². The van der Waals surface area contributed by atoms with Crippen LogP contribution < -0.4 is 9.64 Å². The van der Waals surface area contributed by atoms with Gasteiger partial charge in [-0.3, -0.25) is 0 Å². The van der Waals surface area contributed by atoms with Gasteiger partial charge in [-0.25, -0.2) is 0 Å². The topological polar surface area (TPSA) is 38.2 Å². The second-order valence-corrected chi connectivity index (χ2v) is 5.59. The summed E-state index contributed by atoms with van der Waals surface area (Å²) < 4.78 is 43.5. The summed E-state index contributed by atoms with van der Waals surface area (Å²) in [6, 6.07) is 10.0. The standard InChI is InChI=1S/C16H16F3N3O/c1-10(13-9-11-5-3-4-6-12(11)23-13)22(2)15-8-7-14(20-21-15)16(17,18)19/h3-8,10,13H,9H2,1-2H3. The first-order chi connectivity index (χ1) is 10.9. The lowest BCUT2D eigenvalue weighted by Gasteiger charge is -2.29. The Morgan fingerprint density at radius 2 is 1.91 bits per heavy atom. The van der Waals surface area contributed by atoms with Crippen molar-refractivity contribution in [2.45, 2.75) is 31.7 Å². The van der Waals surface area contributed by atoms with E-state index in [4.69, 9.17) is 4.74 Å². The molecule has 2 heterocycles. The molecule has 0 saturated carbocycles. The van der Waals surface area contributed by atoms with E-state index in [1.807, 2.05) is 31.2 Å². The molecule has 7 heteroatoms. The molecule has 4 nitrogen and oxygen atoms in total. The third kappa shape index (κ3) is 3.09. The Kier molecular flexibility index (Phi) is 3.87. The number of halogens is 3. The van der Waals surface area contributed by atoms with Crippen LogP contribution in [0.1, 0.15) is 18.2 Å². The zero-order chi connectivity index (χ0) is 16.6. The Balaban J connectivity index is 1.72. The molecule has 2 aromatic rings. The number of aromatic nitrogens is 2. The van der Waals surface area contributed by atoms with Crippen molar-refractivity contribution in [3.63, 3.8) is 0 Å². The van der Waals surface area contributed by atoms with E-state index in [1.165, 1.54) is 6.07 Å². The van der Waals surface area contributed by atoms with Gasteiger partial charge in [0.2, 0.25) is 0 Å². The van der Waals surface area contributed by atoms with Crippen LogP contribution in [0.3, 0.4) is 0 Å². The minimum absolute atomic E-state index is 0.0616. The van der Waals surface area contributed by atoms with Crippen molar-refractivity contribution in [1.82, 2.24) is 10.2 Å². The lowest BCUT2D eigenvalue weighted by molar-refractivity contribution is -0.141. The molecule has 1 aliphatic rings. The van der Waals surface area contributed by atoms with E-state index in [0.29, 0.717) is 5.82 Å². The Morgan fingerprint density at radius 3 is 2.52 bits per heavy atom. The number of alkyl halides is 3. The maximum absolute atomic E-state index is 12.5. The molecule has 2 atom stereocenters. The SMILES string of the molecule is CC(C1Cc2ccccc2O1)N(C)c1ccc(C(F)(F)F)nn1. The average Bonchev–Trinajstić information content (AvgIpc) is 2.96. The number of benzene rings is 1. The molecule has 0 radical (unpaired) electrons. The zero-order valence-electron chi connectivity index (χ0n) is 12.7. The molecule has 3 rings (SSSR count). The maximum Gasteiger partial charge on any atom is 0.435 e. The Morgan fingerprint density at radius 1 is 1.17 bits per heavy atom. The van der Waals surface area contributed by atoms with E-state index in [1.54, 1.807) is 11.9 Å². The third-order valence-corrected chi connectivity index (χ3v) is 4.12. The largest absolute Gasteiger partial charge is 0.488 e. The molecule has 1 aromatic heterocycles. The van der Waals surface area contributed by atoms with Gasteiger partial charge in [0.05, 0.1) is 6.04 Å². The number of nitrogens with zero attached hydrogens (tertiary/aromatic N) is 3. The number of fused-ring (bicyclic) bond motifs is 1. The lowest BCUT2D eigenvalue weighted by atomic mass is 10.0. The number of likely N-dealkylation sites (N-methyl/N-ethyl adjacent to an activating group) is 1. The number of hydrogen-bond acceptors (Lipinski definition) is 4. The highest BCUT2D eigenvalue weighted by atomic mass is 19.4. The summed E-state index contributed by atoms with van der Waals surface area (Å²) in [7, 11) is 1.77. The van der Waals surface area contributed by atoms with Gasteiger partial charge in [0.25, 0.3) is 0 Å². The first-order valence-corrected chi connectivity index (χ1v) is 7.24.